The molecule has 0 radical (unpaired) electrons. The lowest BCUT2D eigenvalue weighted by molar-refractivity contribution is 0.222. The Bertz CT molecular complexity index is 1340. The van der Waals surface area contributed by atoms with E-state index in [9.17, 15) is 4.79 Å². The van der Waals surface area contributed by atoms with Crippen LogP contribution in [0.1, 0.15) is 43.4 Å². The highest BCUT2D eigenvalue weighted by Crippen LogP contribution is 2.38. The Morgan fingerprint density at radius 2 is 1.85 bits per heavy atom. The fraction of sp³-hybridized carbons (Fsp3) is 0.385. The number of carbonyl (C=O) groups is 1. The SMILES string of the molecule is C=C1c2c(nc(N3CCCCC3)n2CC#CC)N(C)C(=O)N1Cc1nc(C)c2ccccc2n1. The number of piperidine rings is 1. The van der Waals surface area contributed by atoms with Crippen molar-refractivity contribution in [2.45, 2.75) is 46.2 Å². The number of urea groups is 1. The van der Waals surface area contributed by atoms with Crippen LogP contribution in [-0.2, 0) is 13.1 Å². The number of aryl methyl sites for hydroxylation is 1. The summed E-state index contributed by atoms with van der Waals surface area (Å²) in [5.41, 5.74) is 3.18. The predicted octanol–water partition coefficient (Wildman–Crippen LogP) is 4.19. The molecule has 8 heteroatoms. The molecule has 1 saturated heterocycles. The number of hydrogen-bond acceptors (Lipinski definition) is 5. The minimum absolute atomic E-state index is 0.191. The van der Waals surface area contributed by atoms with Crippen molar-refractivity contribution in [3.05, 3.63) is 48.1 Å². The Morgan fingerprint density at radius 1 is 1.09 bits per heavy atom. The summed E-state index contributed by atoms with van der Waals surface area (Å²) in [6.07, 6.45) is 3.50. The molecule has 8 nitrogen and oxygen atoms in total. The van der Waals surface area contributed by atoms with Crippen molar-refractivity contribution in [2.24, 2.45) is 0 Å². The van der Waals surface area contributed by atoms with Crippen LogP contribution in [0.5, 0.6) is 0 Å². The molecule has 3 aromatic rings. The van der Waals surface area contributed by atoms with Crippen LogP contribution in [0, 0.1) is 18.8 Å². The second kappa shape index (κ2) is 8.82. The Balaban J connectivity index is 1.55. The molecule has 2 aliphatic heterocycles. The van der Waals surface area contributed by atoms with E-state index in [-0.39, 0.29) is 12.6 Å². The first-order valence-corrected chi connectivity index (χ1v) is 11.7. The normalized spacial score (nSPS) is 16.0. The molecule has 0 aliphatic carbocycles. The smallest absolute Gasteiger partial charge is 0.330 e. The van der Waals surface area contributed by atoms with Gasteiger partial charge in [0.2, 0.25) is 5.95 Å². The Morgan fingerprint density at radius 3 is 2.62 bits per heavy atom. The molecule has 2 amide bonds. The summed E-state index contributed by atoms with van der Waals surface area (Å²) in [7, 11) is 1.76. The summed E-state index contributed by atoms with van der Waals surface area (Å²) >= 11 is 0. The van der Waals surface area contributed by atoms with E-state index in [2.05, 4.69) is 32.9 Å². The molecule has 0 bridgehead atoms. The van der Waals surface area contributed by atoms with Crippen molar-refractivity contribution in [3.63, 3.8) is 0 Å². The fourth-order valence-corrected chi connectivity index (χ4v) is 4.78. The van der Waals surface area contributed by atoms with Gasteiger partial charge in [0, 0.05) is 31.2 Å². The van der Waals surface area contributed by atoms with Gasteiger partial charge in [0.15, 0.2) is 5.82 Å². The Labute approximate surface area is 199 Å². The molecule has 1 aromatic carbocycles. The molecule has 0 saturated carbocycles. The van der Waals surface area contributed by atoms with Crippen LogP contribution in [0.15, 0.2) is 30.8 Å². The largest absolute Gasteiger partial charge is 0.342 e. The van der Waals surface area contributed by atoms with Crippen LogP contribution in [-0.4, -0.2) is 50.6 Å². The van der Waals surface area contributed by atoms with Gasteiger partial charge in [0.05, 0.1) is 24.3 Å². The summed E-state index contributed by atoms with van der Waals surface area (Å²) in [6.45, 7) is 10.8. The third kappa shape index (κ3) is 3.67. The number of hydrogen-bond donors (Lipinski definition) is 0. The molecule has 5 rings (SSSR count). The second-order valence-electron chi connectivity index (χ2n) is 8.76. The number of aromatic nitrogens is 4. The molecule has 0 N–H and O–H groups in total. The van der Waals surface area contributed by atoms with Gasteiger partial charge in [-0.2, -0.15) is 4.98 Å². The van der Waals surface area contributed by atoms with Gasteiger partial charge in [-0.1, -0.05) is 30.7 Å². The maximum atomic E-state index is 13.4. The highest BCUT2D eigenvalue weighted by molar-refractivity contribution is 6.02. The second-order valence-corrected chi connectivity index (χ2v) is 8.76. The molecule has 174 valence electrons. The lowest BCUT2D eigenvalue weighted by Crippen LogP contribution is -2.44. The van der Waals surface area contributed by atoms with Crippen LogP contribution in [0.3, 0.4) is 0 Å². The molecular weight excluding hydrogens is 426 g/mol. The average molecular weight is 456 g/mol. The summed E-state index contributed by atoms with van der Waals surface area (Å²) in [6, 6.07) is 7.72. The monoisotopic (exact) mass is 455 g/mol. The number of carbonyl (C=O) groups excluding carboxylic acids is 1. The first kappa shape index (κ1) is 22.0. The number of benzene rings is 1. The quantitative estimate of drug-likeness (QED) is 0.552. The highest BCUT2D eigenvalue weighted by atomic mass is 16.2. The van der Waals surface area contributed by atoms with Crippen molar-refractivity contribution in [1.82, 2.24) is 24.4 Å². The maximum Gasteiger partial charge on any atom is 0.330 e. The van der Waals surface area contributed by atoms with Gasteiger partial charge in [0.1, 0.15) is 11.5 Å². The lowest BCUT2D eigenvalue weighted by Gasteiger charge is -2.34. The van der Waals surface area contributed by atoms with E-state index in [0.717, 1.165) is 54.2 Å². The number of fused-ring (bicyclic) bond motifs is 2. The van der Waals surface area contributed by atoms with Crippen molar-refractivity contribution < 1.29 is 4.79 Å². The zero-order chi connectivity index (χ0) is 23.8. The number of amides is 2. The zero-order valence-electron chi connectivity index (χ0n) is 20.0. The number of imidazole rings is 1. The van der Waals surface area contributed by atoms with Gasteiger partial charge < -0.3 is 4.90 Å². The van der Waals surface area contributed by atoms with Crippen LogP contribution in [0.4, 0.5) is 16.6 Å². The molecule has 2 aliphatic rings. The third-order valence-corrected chi connectivity index (χ3v) is 6.56. The molecule has 4 heterocycles. The van der Waals surface area contributed by atoms with Gasteiger partial charge in [0.25, 0.3) is 0 Å². The van der Waals surface area contributed by atoms with E-state index in [4.69, 9.17) is 9.97 Å². The molecule has 0 spiro atoms. The van der Waals surface area contributed by atoms with E-state index in [0.29, 0.717) is 23.9 Å². The van der Waals surface area contributed by atoms with Gasteiger partial charge in [-0.05, 0) is 39.2 Å². The van der Waals surface area contributed by atoms with Crippen LogP contribution in [0.2, 0.25) is 0 Å². The standard InChI is InChI=1S/C26H29N7O/c1-5-6-16-32-23-19(3)33(17-22-27-18(2)20-12-8-9-13-21(20)28-22)26(34)30(4)24(23)29-25(32)31-14-10-7-11-15-31/h8-9,12-13H,3,7,10-11,14-17H2,1-2,4H3. The van der Waals surface area contributed by atoms with E-state index >= 15 is 0 Å². The van der Waals surface area contributed by atoms with Crippen molar-refractivity contribution in [1.29, 1.82) is 0 Å². The van der Waals surface area contributed by atoms with Gasteiger partial charge in [-0.15, -0.1) is 5.92 Å². The Hall–Kier alpha value is -3.86. The summed E-state index contributed by atoms with van der Waals surface area (Å²) in [4.78, 5) is 33.2. The predicted molar refractivity (Wildman–Crippen MR) is 134 cm³/mol. The summed E-state index contributed by atoms with van der Waals surface area (Å²) < 4.78 is 2.10. The minimum atomic E-state index is -0.191. The number of rotatable bonds is 4. The molecule has 0 unspecified atom stereocenters. The molecule has 1 fully saturated rings. The van der Waals surface area contributed by atoms with Crippen molar-refractivity contribution in [2.75, 3.05) is 29.9 Å². The van der Waals surface area contributed by atoms with Crippen molar-refractivity contribution >= 4 is 34.4 Å². The minimum Gasteiger partial charge on any atom is -0.342 e. The lowest BCUT2D eigenvalue weighted by atomic mass is 10.1. The number of anilines is 2. The summed E-state index contributed by atoms with van der Waals surface area (Å²) in [5, 5.41) is 1.01. The molecular formula is C26H29N7O. The van der Waals surface area contributed by atoms with Crippen LogP contribution >= 0.6 is 0 Å². The van der Waals surface area contributed by atoms with E-state index in [1.807, 2.05) is 38.1 Å². The molecule has 34 heavy (non-hydrogen) atoms. The van der Waals surface area contributed by atoms with Gasteiger partial charge >= 0.3 is 6.03 Å². The van der Waals surface area contributed by atoms with Gasteiger partial charge in [-0.25, -0.2) is 14.8 Å². The topological polar surface area (TPSA) is 70.4 Å². The third-order valence-electron chi connectivity index (χ3n) is 6.56. The highest BCUT2D eigenvalue weighted by Gasteiger charge is 2.37. The number of nitrogens with zero attached hydrogens (tertiary/aromatic N) is 7. The molecule has 2 aromatic heterocycles. The van der Waals surface area contributed by atoms with Crippen LogP contribution < -0.4 is 9.80 Å². The number of para-hydroxylation sites is 1. The molecule has 0 atom stereocenters. The first-order chi connectivity index (χ1) is 16.5. The Kier molecular flexibility index (Phi) is 5.70. The van der Waals surface area contributed by atoms with E-state index in [1.54, 1.807) is 16.8 Å². The van der Waals surface area contributed by atoms with Crippen molar-refractivity contribution in [3.8, 4) is 11.8 Å². The summed E-state index contributed by atoms with van der Waals surface area (Å²) in [5.74, 6) is 8.23. The zero-order valence-corrected chi connectivity index (χ0v) is 20.0. The van der Waals surface area contributed by atoms with E-state index in [1.165, 1.54) is 6.42 Å². The first-order valence-electron chi connectivity index (χ1n) is 11.7. The van der Waals surface area contributed by atoms with Gasteiger partial charge in [-0.3, -0.25) is 14.4 Å². The maximum absolute atomic E-state index is 13.4. The van der Waals surface area contributed by atoms with E-state index < -0.39 is 0 Å². The average Bonchev–Trinajstić information content (AvgIpc) is 3.24. The fourth-order valence-electron chi connectivity index (χ4n) is 4.78. The van der Waals surface area contributed by atoms with Crippen LogP contribution in [0.25, 0.3) is 16.6 Å².